The molecule has 51 heavy (non-hydrogen) atoms. The second-order valence-electron chi connectivity index (χ2n) is 13.3. The highest BCUT2D eigenvalue weighted by atomic mass is 15.0. The van der Waals surface area contributed by atoms with E-state index in [1.165, 1.54) is 76.5 Å². The molecule has 0 bridgehead atoms. The van der Waals surface area contributed by atoms with Crippen LogP contribution in [0.2, 0.25) is 0 Å². The highest BCUT2D eigenvalue weighted by Gasteiger charge is 2.21. The van der Waals surface area contributed by atoms with Crippen LogP contribution in [0.5, 0.6) is 0 Å². The second-order valence-corrected chi connectivity index (χ2v) is 13.3. The van der Waals surface area contributed by atoms with Crippen molar-refractivity contribution < 1.29 is 0 Å². The van der Waals surface area contributed by atoms with Gasteiger partial charge in [-0.3, -0.25) is 0 Å². The molecule has 11 aromatic rings. The summed E-state index contributed by atoms with van der Waals surface area (Å²) in [7, 11) is 0. The Balaban J connectivity index is 1.21. The molecule has 0 aliphatic heterocycles. The fourth-order valence-electron chi connectivity index (χ4n) is 8.54. The molecule has 0 aliphatic carbocycles. The van der Waals surface area contributed by atoms with Crippen LogP contribution in [-0.2, 0) is 0 Å². The van der Waals surface area contributed by atoms with Crippen LogP contribution in [0.15, 0.2) is 188 Å². The van der Waals surface area contributed by atoms with E-state index in [2.05, 4.69) is 202 Å². The van der Waals surface area contributed by atoms with Crippen molar-refractivity contribution in [3.63, 3.8) is 0 Å². The summed E-state index contributed by atoms with van der Waals surface area (Å²) in [5.41, 5.74) is 13.1. The summed E-state index contributed by atoms with van der Waals surface area (Å²) in [6.07, 6.45) is 0. The van der Waals surface area contributed by atoms with Crippen LogP contribution in [0.1, 0.15) is 0 Å². The molecular weight excluding hydrogens is 619 g/mol. The third kappa shape index (κ3) is 4.00. The van der Waals surface area contributed by atoms with Crippen molar-refractivity contribution in [3.05, 3.63) is 188 Å². The molecule has 0 amide bonds. The molecule has 3 aromatic heterocycles. The summed E-state index contributed by atoms with van der Waals surface area (Å²) in [5.74, 6) is 0. The van der Waals surface area contributed by atoms with Crippen molar-refractivity contribution in [1.82, 2.24) is 13.7 Å². The molecule has 0 spiro atoms. The molecule has 3 nitrogen and oxygen atoms in total. The van der Waals surface area contributed by atoms with E-state index in [4.69, 9.17) is 0 Å². The summed E-state index contributed by atoms with van der Waals surface area (Å²) in [6.45, 7) is 0. The summed E-state index contributed by atoms with van der Waals surface area (Å²) in [5, 5.41) is 7.55. The van der Waals surface area contributed by atoms with Gasteiger partial charge in [-0.25, -0.2) is 0 Å². The zero-order valence-corrected chi connectivity index (χ0v) is 27.7. The minimum absolute atomic E-state index is 1.14. The van der Waals surface area contributed by atoms with Crippen LogP contribution in [0.25, 0.3) is 93.6 Å². The molecule has 0 atom stereocenters. The Morgan fingerprint density at radius 2 is 0.765 bits per heavy atom. The Hall–Kier alpha value is -6.84. The van der Waals surface area contributed by atoms with Crippen LogP contribution in [0, 0.1) is 0 Å². The monoisotopic (exact) mass is 649 g/mol. The minimum Gasteiger partial charge on any atom is -0.309 e. The van der Waals surface area contributed by atoms with Crippen LogP contribution >= 0.6 is 0 Å². The molecule has 8 aromatic carbocycles. The van der Waals surface area contributed by atoms with E-state index < -0.39 is 0 Å². The Morgan fingerprint density at radius 3 is 1.43 bits per heavy atom. The van der Waals surface area contributed by atoms with E-state index in [-0.39, 0.29) is 0 Å². The van der Waals surface area contributed by atoms with Gasteiger partial charge in [0.05, 0.1) is 33.1 Å². The zero-order chi connectivity index (χ0) is 33.5. The fraction of sp³-hybridized carbons (Fsp3) is 0. The molecule has 11 rings (SSSR count). The topological polar surface area (TPSA) is 14.8 Å². The maximum absolute atomic E-state index is 2.45. The zero-order valence-electron chi connectivity index (χ0n) is 27.7. The molecule has 0 fully saturated rings. The first-order valence-corrected chi connectivity index (χ1v) is 17.5. The lowest BCUT2D eigenvalue weighted by atomic mass is 10.0. The summed E-state index contributed by atoms with van der Waals surface area (Å²) < 4.78 is 7.32. The van der Waals surface area contributed by atoms with Gasteiger partial charge in [-0.2, -0.15) is 0 Å². The molecule has 238 valence electrons. The molecule has 0 N–H and O–H groups in total. The van der Waals surface area contributed by atoms with E-state index in [1.54, 1.807) is 0 Å². The smallest absolute Gasteiger partial charge is 0.0641 e. The van der Waals surface area contributed by atoms with Gasteiger partial charge in [-0.15, -0.1) is 0 Å². The van der Waals surface area contributed by atoms with Gasteiger partial charge in [0.25, 0.3) is 0 Å². The normalized spacial score (nSPS) is 11.9. The van der Waals surface area contributed by atoms with Crippen LogP contribution in [0.3, 0.4) is 0 Å². The van der Waals surface area contributed by atoms with Gasteiger partial charge in [-0.1, -0.05) is 127 Å². The van der Waals surface area contributed by atoms with Crippen molar-refractivity contribution in [3.8, 4) is 28.2 Å². The van der Waals surface area contributed by atoms with Gasteiger partial charge in [-0.05, 0) is 66.2 Å². The Bertz CT molecular complexity index is 3120. The first-order chi connectivity index (χ1) is 25.3. The largest absolute Gasteiger partial charge is 0.309 e. The first-order valence-electron chi connectivity index (χ1n) is 17.5. The Kier molecular flexibility index (Phi) is 5.96. The number of aromatic nitrogens is 3. The number of benzene rings is 8. The first kappa shape index (κ1) is 28.0. The van der Waals surface area contributed by atoms with E-state index >= 15 is 0 Å². The van der Waals surface area contributed by atoms with Crippen LogP contribution in [-0.4, -0.2) is 13.7 Å². The van der Waals surface area contributed by atoms with Crippen LogP contribution < -0.4 is 0 Å². The average Bonchev–Trinajstić information content (AvgIpc) is 3.84. The van der Waals surface area contributed by atoms with Gasteiger partial charge in [0.2, 0.25) is 0 Å². The highest BCUT2D eigenvalue weighted by Crippen LogP contribution is 2.43. The SMILES string of the molecule is c1ccc(-n2c3ccccc3c3cccc(-c4cccc(-n5c6ccccc6c6c5ccc5c7ccccc7n(-c7ccccc7)c56)c4)c32)cc1. The van der Waals surface area contributed by atoms with Crippen molar-refractivity contribution in [2.24, 2.45) is 0 Å². The molecule has 0 saturated carbocycles. The van der Waals surface area contributed by atoms with Crippen molar-refractivity contribution in [2.45, 2.75) is 0 Å². The number of fused-ring (bicyclic) bond motifs is 10. The van der Waals surface area contributed by atoms with Crippen molar-refractivity contribution >= 4 is 65.4 Å². The standard InChI is InChI=1S/C48H31N3/c1-3-16-33(17-4-1)50-42-26-10-7-21-37(42)39-25-14-24-36(47(39)50)32-15-13-20-35(31-32)49-44-28-12-9-23-41(44)46-45(49)30-29-40-38-22-8-11-27-43(38)51(48(40)46)34-18-5-2-6-19-34/h1-31H. The van der Waals surface area contributed by atoms with Gasteiger partial charge >= 0.3 is 0 Å². The summed E-state index contributed by atoms with van der Waals surface area (Å²) in [4.78, 5) is 0. The lowest BCUT2D eigenvalue weighted by molar-refractivity contribution is 1.17. The minimum atomic E-state index is 1.14. The molecule has 3 heterocycles. The highest BCUT2D eigenvalue weighted by molar-refractivity contribution is 6.26. The maximum Gasteiger partial charge on any atom is 0.0641 e. The number of rotatable bonds is 4. The van der Waals surface area contributed by atoms with E-state index in [0.29, 0.717) is 0 Å². The van der Waals surface area contributed by atoms with Crippen molar-refractivity contribution in [2.75, 3.05) is 0 Å². The predicted molar refractivity (Wildman–Crippen MR) is 215 cm³/mol. The third-order valence-corrected chi connectivity index (χ3v) is 10.6. The number of hydrogen-bond acceptors (Lipinski definition) is 0. The van der Waals surface area contributed by atoms with Crippen molar-refractivity contribution in [1.29, 1.82) is 0 Å². The second kappa shape index (κ2) is 10.8. The lowest BCUT2D eigenvalue weighted by Gasteiger charge is -2.14. The van der Waals surface area contributed by atoms with E-state index in [9.17, 15) is 0 Å². The third-order valence-electron chi connectivity index (χ3n) is 10.6. The molecule has 3 heteroatoms. The Labute approximate surface area is 294 Å². The number of hydrogen-bond donors (Lipinski definition) is 0. The maximum atomic E-state index is 2.45. The molecule has 0 unspecified atom stereocenters. The van der Waals surface area contributed by atoms with Crippen LogP contribution in [0.4, 0.5) is 0 Å². The lowest BCUT2D eigenvalue weighted by Crippen LogP contribution is -1.97. The van der Waals surface area contributed by atoms with Gasteiger partial charge < -0.3 is 13.7 Å². The Morgan fingerprint density at radius 1 is 0.275 bits per heavy atom. The van der Waals surface area contributed by atoms with Gasteiger partial charge in [0.15, 0.2) is 0 Å². The average molecular weight is 650 g/mol. The summed E-state index contributed by atoms with van der Waals surface area (Å²) >= 11 is 0. The fourth-order valence-corrected chi connectivity index (χ4v) is 8.54. The summed E-state index contributed by atoms with van der Waals surface area (Å²) in [6, 6.07) is 68.3. The van der Waals surface area contributed by atoms with E-state index in [1.807, 2.05) is 0 Å². The quantitative estimate of drug-likeness (QED) is 0.180. The molecule has 0 saturated heterocycles. The van der Waals surface area contributed by atoms with Gasteiger partial charge in [0.1, 0.15) is 0 Å². The molecule has 0 radical (unpaired) electrons. The molecular formula is C48H31N3. The molecule has 0 aliphatic rings. The number of para-hydroxylation sites is 6. The predicted octanol–water partition coefficient (Wildman–Crippen LogP) is 12.6. The van der Waals surface area contributed by atoms with E-state index in [0.717, 1.165) is 17.1 Å². The van der Waals surface area contributed by atoms with Gasteiger partial charge in [0, 0.05) is 54.9 Å². The number of nitrogens with zero attached hydrogens (tertiary/aromatic N) is 3.